The molecule has 2 aliphatic carbocycles. The average molecular weight is 389 g/mol. The molecule has 1 aliphatic heterocycles. The SMILES string of the molecule is CN(C(=O)CN1C(=O)NC2(CCc3ccccc32)C1=O)C1CCc2ccccc21. The summed E-state index contributed by atoms with van der Waals surface area (Å²) in [7, 11) is 1.76. The largest absolute Gasteiger partial charge is 0.337 e. The minimum absolute atomic E-state index is 0.0133. The summed E-state index contributed by atoms with van der Waals surface area (Å²) >= 11 is 0. The van der Waals surface area contributed by atoms with Gasteiger partial charge in [-0.2, -0.15) is 0 Å². The van der Waals surface area contributed by atoms with Crippen LogP contribution in [0.25, 0.3) is 0 Å². The van der Waals surface area contributed by atoms with Crippen molar-refractivity contribution >= 4 is 17.8 Å². The Morgan fingerprint density at radius 3 is 2.66 bits per heavy atom. The van der Waals surface area contributed by atoms with E-state index >= 15 is 0 Å². The van der Waals surface area contributed by atoms with Gasteiger partial charge >= 0.3 is 6.03 Å². The fourth-order valence-electron chi connectivity index (χ4n) is 5.09. The molecule has 2 aromatic rings. The summed E-state index contributed by atoms with van der Waals surface area (Å²) in [4.78, 5) is 41.7. The molecule has 0 bridgehead atoms. The van der Waals surface area contributed by atoms with Crippen molar-refractivity contribution in [2.24, 2.45) is 0 Å². The first-order valence-corrected chi connectivity index (χ1v) is 10.1. The summed E-state index contributed by atoms with van der Waals surface area (Å²) in [6.07, 6.45) is 3.07. The van der Waals surface area contributed by atoms with E-state index in [4.69, 9.17) is 0 Å². The van der Waals surface area contributed by atoms with Gasteiger partial charge in [-0.3, -0.25) is 14.5 Å². The molecule has 1 heterocycles. The fraction of sp³-hybridized carbons (Fsp3) is 0.348. The maximum atomic E-state index is 13.3. The normalized spacial score (nSPS) is 24.6. The average Bonchev–Trinajstić information content (AvgIpc) is 3.39. The van der Waals surface area contributed by atoms with Crippen molar-refractivity contribution in [1.29, 1.82) is 0 Å². The van der Waals surface area contributed by atoms with Crippen LogP contribution in [0.15, 0.2) is 48.5 Å². The minimum atomic E-state index is -1.02. The van der Waals surface area contributed by atoms with Crippen LogP contribution in [-0.4, -0.2) is 41.2 Å². The van der Waals surface area contributed by atoms with E-state index in [1.165, 1.54) is 5.56 Å². The van der Waals surface area contributed by atoms with Gasteiger partial charge in [0, 0.05) is 7.05 Å². The van der Waals surface area contributed by atoms with E-state index < -0.39 is 11.6 Å². The number of fused-ring (bicyclic) bond motifs is 3. The molecule has 2 aromatic carbocycles. The predicted molar refractivity (Wildman–Crippen MR) is 107 cm³/mol. The molecule has 0 saturated carbocycles. The van der Waals surface area contributed by atoms with Gasteiger partial charge in [-0.1, -0.05) is 48.5 Å². The number of nitrogens with zero attached hydrogens (tertiary/aromatic N) is 2. The highest BCUT2D eigenvalue weighted by molar-refractivity contribution is 6.09. The zero-order valence-corrected chi connectivity index (χ0v) is 16.4. The first-order valence-electron chi connectivity index (χ1n) is 10.1. The van der Waals surface area contributed by atoms with Crippen LogP contribution in [0.4, 0.5) is 4.79 Å². The van der Waals surface area contributed by atoms with Gasteiger partial charge in [-0.25, -0.2) is 4.79 Å². The van der Waals surface area contributed by atoms with E-state index in [0.717, 1.165) is 40.9 Å². The Morgan fingerprint density at radius 2 is 1.83 bits per heavy atom. The minimum Gasteiger partial charge on any atom is -0.337 e. The number of carbonyl (C=O) groups is 3. The zero-order valence-electron chi connectivity index (χ0n) is 16.4. The maximum absolute atomic E-state index is 13.3. The lowest BCUT2D eigenvalue weighted by Gasteiger charge is -2.27. The van der Waals surface area contributed by atoms with Gasteiger partial charge in [-0.05, 0) is 47.9 Å². The van der Waals surface area contributed by atoms with Gasteiger partial charge in [0.1, 0.15) is 12.1 Å². The number of carbonyl (C=O) groups excluding carboxylic acids is 3. The van der Waals surface area contributed by atoms with Crippen molar-refractivity contribution in [1.82, 2.24) is 15.1 Å². The van der Waals surface area contributed by atoms with E-state index in [9.17, 15) is 14.4 Å². The molecule has 0 aromatic heterocycles. The molecule has 1 fully saturated rings. The molecule has 1 N–H and O–H groups in total. The second-order valence-electron chi connectivity index (χ2n) is 8.14. The number of hydrogen-bond donors (Lipinski definition) is 1. The van der Waals surface area contributed by atoms with E-state index in [1.807, 2.05) is 36.4 Å². The van der Waals surface area contributed by atoms with Crippen molar-refractivity contribution in [3.05, 3.63) is 70.8 Å². The lowest BCUT2D eigenvalue weighted by molar-refractivity contribution is -0.139. The highest BCUT2D eigenvalue weighted by Crippen LogP contribution is 2.41. The maximum Gasteiger partial charge on any atom is 0.325 e. The van der Waals surface area contributed by atoms with Gasteiger partial charge in [0.25, 0.3) is 5.91 Å². The molecule has 2 unspecified atom stereocenters. The molecule has 6 heteroatoms. The number of nitrogens with one attached hydrogen (secondary N) is 1. The summed E-state index contributed by atoms with van der Waals surface area (Å²) < 4.78 is 0. The van der Waals surface area contributed by atoms with Crippen LogP contribution >= 0.6 is 0 Å². The van der Waals surface area contributed by atoms with Crippen LogP contribution in [0.1, 0.15) is 41.1 Å². The number of benzene rings is 2. The number of likely N-dealkylation sites (N-methyl/N-ethyl adjacent to an activating group) is 1. The van der Waals surface area contributed by atoms with Crippen LogP contribution in [0, 0.1) is 0 Å². The van der Waals surface area contributed by atoms with E-state index in [1.54, 1.807) is 11.9 Å². The quantitative estimate of drug-likeness (QED) is 0.820. The molecule has 29 heavy (non-hydrogen) atoms. The number of imide groups is 1. The van der Waals surface area contributed by atoms with Crippen molar-refractivity contribution in [3.63, 3.8) is 0 Å². The monoisotopic (exact) mass is 389 g/mol. The predicted octanol–water partition coefficient (Wildman–Crippen LogP) is 2.53. The van der Waals surface area contributed by atoms with Gasteiger partial charge in [-0.15, -0.1) is 0 Å². The van der Waals surface area contributed by atoms with Crippen molar-refractivity contribution in [2.75, 3.05) is 13.6 Å². The standard InChI is InChI=1S/C23H23N3O3/c1-25(19-11-10-15-6-2-4-8-17(15)19)20(27)14-26-21(28)23(24-22(26)29)13-12-16-7-3-5-9-18(16)23/h2-9,19H,10-14H2,1H3,(H,24,29). The third kappa shape index (κ3) is 2.58. The van der Waals surface area contributed by atoms with E-state index in [-0.39, 0.29) is 24.4 Å². The highest BCUT2D eigenvalue weighted by atomic mass is 16.2. The smallest absolute Gasteiger partial charge is 0.325 e. The van der Waals surface area contributed by atoms with Gasteiger partial charge in [0.2, 0.25) is 5.91 Å². The molecule has 1 spiro atoms. The van der Waals surface area contributed by atoms with Gasteiger partial charge in [0.05, 0.1) is 6.04 Å². The molecule has 4 amide bonds. The molecule has 3 aliphatic rings. The third-order valence-corrected chi connectivity index (χ3v) is 6.68. The Hall–Kier alpha value is -3.15. The summed E-state index contributed by atoms with van der Waals surface area (Å²) in [6, 6.07) is 15.3. The van der Waals surface area contributed by atoms with Crippen molar-refractivity contribution in [2.45, 2.75) is 37.3 Å². The second kappa shape index (κ2) is 6.44. The van der Waals surface area contributed by atoms with E-state index in [0.29, 0.717) is 6.42 Å². The molecule has 2 atom stereocenters. The molecule has 5 rings (SSSR count). The Labute approximate surface area is 169 Å². The van der Waals surface area contributed by atoms with Gasteiger partial charge in [0.15, 0.2) is 0 Å². The molecular formula is C23H23N3O3. The van der Waals surface area contributed by atoms with Crippen LogP contribution in [-0.2, 0) is 28.0 Å². The zero-order chi connectivity index (χ0) is 20.2. The van der Waals surface area contributed by atoms with Crippen molar-refractivity contribution < 1.29 is 14.4 Å². The molecule has 0 radical (unpaired) electrons. The second-order valence-corrected chi connectivity index (χ2v) is 8.14. The topological polar surface area (TPSA) is 69.7 Å². The molecule has 6 nitrogen and oxygen atoms in total. The van der Waals surface area contributed by atoms with E-state index in [2.05, 4.69) is 17.4 Å². The van der Waals surface area contributed by atoms with Crippen LogP contribution in [0.5, 0.6) is 0 Å². The molecule has 1 saturated heterocycles. The summed E-state index contributed by atoms with van der Waals surface area (Å²) in [6.45, 7) is -0.232. The number of amides is 4. The summed E-state index contributed by atoms with van der Waals surface area (Å²) in [5.41, 5.74) is 3.32. The lowest BCUT2D eigenvalue weighted by Crippen LogP contribution is -2.44. The third-order valence-electron chi connectivity index (χ3n) is 6.68. The highest BCUT2D eigenvalue weighted by Gasteiger charge is 2.55. The Balaban J connectivity index is 1.36. The molecule has 148 valence electrons. The van der Waals surface area contributed by atoms with Crippen LogP contribution < -0.4 is 5.32 Å². The Kier molecular flexibility index (Phi) is 3.98. The first-order chi connectivity index (χ1) is 14.0. The lowest BCUT2D eigenvalue weighted by atomic mass is 9.92. The Bertz CT molecular complexity index is 1030. The van der Waals surface area contributed by atoms with Crippen LogP contribution in [0.3, 0.4) is 0 Å². The van der Waals surface area contributed by atoms with Crippen LogP contribution in [0.2, 0.25) is 0 Å². The summed E-state index contributed by atoms with van der Waals surface area (Å²) in [5.74, 6) is -0.542. The van der Waals surface area contributed by atoms with Gasteiger partial charge < -0.3 is 10.2 Å². The number of urea groups is 1. The Morgan fingerprint density at radius 1 is 1.10 bits per heavy atom. The summed E-state index contributed by atoms with van der Waals surface area (Å²) in [5, 5.41) is 2.88. The first kappa shape index (κ1) is 17.9. The number of rotatable bonds is 3. The van der Waals surface area contributed by atoms with Crippen molar-refractivity contribution in [3.8, 4) is 0 Å². The fourth-order valence-corrected chi connectivity index (χ4v) is 5.09. The molecular weight excluding hydrogens is 366 g/mol. The number of hydrogen-bond acceptors (Lipinski definition) is 3. The number of aryl methyl sites for hydroxylation is 2.